The van der Waals surface area contributed by atoms with Gasteiger partial charge in [0.15, 0.2) is 0 Å². The number of anilines is 2. The van der Waals surface area contributed by atoms with Crippen LogP contribution in [0.4, 0.5) is 11.4 Å². The van der Waals surface area contributed by atoms with Gasteiger partial charge in [-0.05, 0) is 44.2 Å². The number of esters is 1. The van der Waals surface area contributed by atoms with Gasteiger partial charge in [0.2, 0.25) is 0 Å². The molecule has 0 bridgehead atoms. The standard InChI is InChI=1S/C18H20ClN3O3/c1-5-25-18(24)13-7-8-14(20-11(13)2)17(23)21-15-10-12(19)6-9-16(15)22(3)4/h6-10H,5H2,1-4H3,(H,21,23). The summed E-state index contributed by atoms with van der Waals surface area (Å²) in [6, 6.07) is 8.28. The molecule has 7 heteroatoms. The lowest BCUT2D eigenvalue weighted by molar-refractivity contribution is 0.0524. The van der Waals surface area contributed by atoms with Crippen molar-refractivity contribution < 1.29 is 14.3 Å². The van der Waals surface area contributed by atoms with Crippen molar-refractivity contribution in [2.24, 2.45) is 0 Å². The summed E-state index contributed by atoms with van der Waals surface area (Å²) in [5.74, 6) is -0.840. The number of carbonyl (C=O) groups is 2. The van der Waals surface area contributed by atoms with E-state index in [4.69, 9.17) is 16.3 Å². The van der Waals surface area contributed by atoms with Crippen molar-refractivity contribution in [2.75, 3.05) is 30.9 Å². The van der Waals surface area contributed by atoms with Crippen LogP contribution in [-0.2, 0) is 4.74 Å². The number of benzene rings is 1. The van der Waals surface area contributed by atoms with E-state index in [0.717, 1.165) is 5.69 Å². The van der Waals surface area contributed by atoms with E-state index >= 15 is 0 Å². The number of pyridine rings is 1. The van der Waals surface area contributed by atoms with E-state index in [1.54, 1.807) is 32.0 Å². The Kier molecular flexibility index (Phi) is 5.98. The number of nitrogens with one attached hydrogen (secondary N) is 1. The number of aryl methyl sites for hydroxylation is 1. The van der Waals surface area contributed by atoms with Crippen molar-refractivity contribution >= 4 is 34.9 Å². The molecule has 1 amide bonds. The average Bonchev–Trinajstić information content (AvgIpc) is 2.54. The topological polar surface area (TPSA) is 71.5 Å². The lowest BCUT2D eigenvalue weighted by Gasteiger charge is -2.18. The summed E-state index contributed by atoms with van der Waals surface area (Å²) in [6.45, 7) is 3.67. The van der Waals surface area contributed by atoms with Crippen LogP contribution in [0.3, 0.4) is 0 Å². The van der Waals surface area contributed by atoms with Crippen LogP contribution in [0.1, 0.15) is 33.5 Å². The van der Waals surface area contributed by atoms with Crippen LogP contribution in [0.5, 0.6) is 0 Å². The number of rotatable bonds is 5. The first-order valence-electron chi connectivity index (χ1n) is 7.76. The minimum atomic E-state index is -0.454. The zero-order chi connectivity index (χ0) is 18.6. The van der Waals surface area contributed by atoms with Crippen molar-refractivity contribution in [2.45, 2.75) is 13.8 Å². The van der Waals surface area contributed by atoms with Crippen molar-refractivity contribution in [3.05, 3.63) is 52.3 Å². The zero-order valence-electron chi connectivity index (χ0n) is 14.6. The van der Waals surface area contributed by atoms with Gasteiger partial charge in [-0.3, -0.25) is 4.79 Å². The number of ether oxygens (including phenoxy) is 1. The fourth-order valence-electron chi connectivity index (χ4n) is 2.30. The number of hydrogen-bond acceptors (Lipinski definition) is 5. The highest BCUT2D eigenvalue weighted by Crippen LogP contribution is 2.28. The summed E-state index contributed by atoms with van der Waals surface area (Å²) in [4.78, 5) is 30.4. The first-order valence-corrected chi connectivity index (χ1v) is 8.14. The van der Waals surface area contributed by atoms with Gasteiger partial charge in [0.25, 0.3) is 5.91 Å². The quantitative estimate of drug-likeness (QED) is 0.825. The lowest BCUT2D eigenvalue weighted by Crippen LogP contribution is -2.18. The fourth-order valence-corrected chi connectivity index (χ4v) is 2.47. The third-order valence-electron chi connectivity index (χ3n) is 3.50. The van der Waals surface area contributed by atoms with Gasteiger partial charge >= 0.3 is 5.97 Å². The van der Waals surface area contributed by atoms with Gasteiger partial charge in [-0.25, -0.2) is 9.78 Å². The van der Waals surface area contributed by atoms with E-state index < -0.39 is 5.97 Å². The smallest absolute Gasteiger partial charge is 0.339 e. The highest BCUT2D eigenvalue weighted by molar-refractivity contribution is 6.31. The van der Waals surface area contributed by atoms with Crippen molar-refractivity contribution in [3.63, 3.8) is 0 Å². The molecule has 0 aliphatic carbocycles. The molecule has 0 fully saturated rings. The monoisotopic (exact) mass is 361 g/mol. The minimum absolute atomic E-state index is 0.204. The van der Waals surface area contributed by atoms with Crippen LogP contribution in [-0.4, -0.2) is 37.6 Å². The minimum Gasteiger partial charge on any atom is -0.462 e. The highest BCUT2D eigenvalue weighted by Gasteiger charge is 2.16. The summed E-state index contributed by atoms with van der Waals surface area (Å²) in [5, 5.41) is 3.32. The zero-order valence-corrected chi connectivity index (χ0v) is 15.3. The second-order valence-corrected chi connectivity index (χ2v) is 6.00. The Morgan fingerprint density at radius 3 is 2.56 bits per heavy atom. The molecule has 0 atom stereocenters. The Morgan fingerprint density at radius 2 is 1.96 bits per heavy atom. The first kappa shape index (κ1) is 18.7. The van der Waals surface area contributed by atoms with Gasteiger partial charge in [-0.15, -0.1) is 0 Å². The van der Waals surface area contributed by atoms with E-state index in [9.17, 15) is 9.59 Å². The summed E-state index contributed by atoms with van der Waals surface area (Å²) in [6.07, 6.45) is 0. The molecule has 25 heavy (non-hydrogen) atoms. The van der Waals surface area contributed by atoms with E-state index in [-0.39, 0.29) is 18.2 Å². The van der Waals surface area contributed by atoms with Gasteiger partial charge < -0.3 is 15.0 Å². The summed E-state index contributed by atoms with van der Waals surface area (Å²) in [5.41, 5.74) is 2.38. The molecule has 0 aliphatic rings. The molecule has 0 saturated heterocycles. The Labute approximate surface area is 151 Å². The number of carbonyl (C=O) groups excluding carboxylic acids is 2. The largest absolute Gasteiger partial charge is 0.462 e. The van der Waals surface area contributed by atoms with Crippen LogP contribution >= 0.6 is 11.6 Å². The van der Waals surface area contributed by atoms with E-state index in [1.807, 2.05) is 25.1 Å². The maximum absolute atomic E-state index is 12.5. The number of aromatic nitrogens is 1. The van der Waals surface area contributed by atoms with Crippen molar-refractivity contribution in [3.8, 4) is 0 Å². The molecule has 2 aromatic rings. The predicted molar refractivity (Wildman–Crippen MR) is 98.7 cm³/mol. The lowest BCUT2D eigenvalue weighted by atomic mass is 10.1. The predicted octanol–water partition coefficient (Wildman–Crippen LogP) is 3.54. The molecule has 0 spiro atoms. The number of halogens is 1. The van der Waals surface area contributed by atoms with Crippen LogP contribution in [0.25, 0.3) is 0 Å². The number of hydrogen-bond donors (Lipinski definition) is 1. The second-order valence-electron chi connectivity index (χ2n) is 5.56. The molecule has 1 aromatic carbocycles. The van der Waals surface area contributed by atoms with Gasteiger partial charge in [0, 0.05) is 19.1 Å². The molecule has 1 aromatic heterocycles. The van der Waals surface area contributed by atoms with E-state index in [1.165, 1.54) is 6.07 Å². The van der Waals surface area contributed by atoms with Crippen LogP contribution in [0, 0.1) is 6.92 Å². The van der Waals surface area contributed by atoms with Crippen LogP contribution in [0.15, 0.2) is 30.3 Å². The van der Waals surface area contributed by atoms with Gasteiger partial charge in [-0.2, -0.15) is 0 Å². The maximum Gasteiger partial charge on any atom is 0.339 e. The van der Waals surface area contributed by atoms with Crippen molar-refractivity contribution in [1.29, 1.82) is 0 Å². The normalized spacial score (nSPS) is 10.3. The van der Waals surface area contributed by atoms with Crippen molar-refractivity contribution in [1.82, 2.24) is 4.98 Å². The molecule has 132 valence electrons. The van der Waals surface area contributed by atoms with Crippen LogP contribution < -0.4 is 10.2 Å². The molecule has 1 heterocycles. The molecule has 2 rings (SSSR count). The van der Waals surface area contributed by atoms with E-state index in [0.29, 0.717) is 22.0 Å². The summed E-state index contributed by atoms with van der Waals surface area (Å²) < 4.78 is 4.96. The third kappa shape index (κ3) is 4.48. The first-order chi connectivity index (χ1) is 11.8. The van der Waals surface area contributed by atoms with Gasteiger partial charge in [0.05, 0.1) is 29.2 Å². The highest BCUT2D eigenvalue weighted by atomic mass is 35.5. The van der Waals surface area contributed by atoms with Gasteiger partial charge in [0.1, 0.15) is 5.69 Å². The molecule has 1 N–H and O–H groups in total. The molecule has 0 radical (unpaired) electrons. The Morgan fingerprint density at radius 1 is 1.24 bits per heavy atom. The average molecular weight is 362 g/mol. The third-order valence-corrected chi connectivity index (χ3v) is 3.74. The second kappa shape index (κ2) is 7.98. The Balaban J connectivity index is 2.26. The Hall–Kier alpha value is -2.60. The molecule has 6 nitrogen and oxygen atoms in total. The summed E-state index contributed by atoms with van der Waals surface area (Å²) >= 11 is 6.02. The molecule has 0 aliphatic heterocycles. The number of nitrogens with zero attached hydrogens (tertiary/aromatic N) is 2. The Bertz CT molecular complexity index is 806. The SMILES string of the molecule is CCOC(=O)c1ccc(C(=O)Nc2cc(Cl)ccc2N(C)C)nc1C. The van der Waals surface area contributed by atoms with Crippen LogP contribution in [0.2, 0.25) is 5.02 Å². The number of amides is 1. The fraction of sp³-hybridized carbons (Fsp3) is 0.278. The van der Waals surface area contributed by atoms with E-state index in [2.05, 4.69) is 10.3 Å². The molecular weight excluding hydrogens is 342 g/mol. The molecular formula is C18H20ClN3O3. The molecule has 0 saturated carbocycles. The summed E-state index contributed by atoms with van der Waals surface area (Å²) in [7, 11) is 3.74. The van der Waals surface area contributed by atoms with Gasteiger partial charge in [-0.1, -0.05) is 11.6 Å². The maximum atomic E-state index is 12.5. The molecule has 0 unspecified atom stereocenters.